The highest BCUT2D eigenvalue weighted by Gasteiger charge is 2.26. The van der Waals surface area contributed by atoms with Gasteiger partial charge in [0, 0.05) is 29.9 Å². The van der Waals surface area contributed by atoms with Crippen LogP contribution in [-0.2, 0) is 27.4 Å². The highest BCUT2D eigenvalue weighted by molar-refractivity contribution is 6.65. The Hall–Kier alpha value is -3.72. The number of halogens is 1. The molecule has 2 atom stereocenters. The smallest absolute Gasteiger partial charge is 0.408 e. The molecule has 0 fully saturated rings. The minimum Gasteiger partial charge on any atom is -0.508 e. The van der Waals surface area contributed by atoms with Gasteiger partial charge in [0.15, 0.2) is 6.10 Å². The van der Waals surface area contributed by atoms with Crippen molar-refractivity contribution in [3.8, 4) is 5.75 Å². The number of amides is 2. The average Bonchev–Trinajstić information content (AvgIpc) is 3.42. The van der Waals surface area contributed by atoms with E-state index in [1.807, 2.05) is 30.3 Å². The lowest BCUT2D eigenvalue weighted by Crippen LogP contribution is -2.49. The van der Waals surface area contributed by atoms with E-state index >= 15 is 0 Å². The number of phenolic OH excluding ortho intramolecular Hbond substituents is 1. The first-order valence-corrected chi connectivity index (χ1v) is 10.8. The molecular formula is C23H23ClN4O5. The Labute approximate surface area is 194 Å². The van der Waals surface area contributed by atoms with Gasteiger partial charge in [-0.3, -0.25) is 4.79 Å². The molecule has 0 saturated heterocycles. The molecule has 9 nitrogen and oxygen atoms in total. The molecule has 4 rings (SSSR count). The minimum absolute atomic E-state index is 0.0771. The van der Waals surface area contributed by atoms with Crippen LogP contribution in [0.25, 0.3) is 10.9 Å². The normalized spacial score (nSPS) is 16.0. The molecule has 0 bridgehead atoms. The molecule has 172 valence electrons. The fraction of sp³-hybridized carbons (Fsp3) is 0.261. The SMILES string of the molecule is O=C(N[C@@H](Cc1c[nH]c2ccc(O)cc12)C(=O)NCC1CC(Cl)=NO1)OCc1ccccc1. The third-order valence-corrected chi connectivity index (χ3v) is 5.42. The van der Waals surface area contributed by atoms with Gasteiger partial charge >= 0.3 is 6.09 Å². The van der Waals surface area contributed by atoms with Crippen LogP contribution in [0.15, 0.2) is 59.9 Å². The van der Waals surface area contributed by atoms with E-state index in [0.717, 1.165) is 22.0 Å². The predicted octanol–water partition coefficient (Wildman–Crippen LogP) is 3.17. The van der Waals surface area contributed by atoms with Crippen LogP contribution in [0.3, 0.4) is 0 Å². The number of benzene rings is 2. The molecule has 2 aromatic carbocycles. The second kappa shape index (κ2) is 10.3. The maximum atomic E-state index is 13.0. The monoisotopic (exact) mass is 470 g/mol. The van der Waals surface area contributed by atoms with Crippen molar-refractivity contribution in [1.29, 1.82) is 0 Å². The van der Waals surface area contributed by atoms with Gasteiger partial charge in [0.25, 0.3) is 0 Å². The molecular weight excluding hydrogens is 448 g/mol. The molecule has 2 heterocycles. The van der Waals surface area contributed by atoms with E-state index in [1.54, 1.807) is 24.4 Å². The first kappa shape index (κ1) is 22.5. The Kier molecular flexibility index (Phi) is 6.99. The van der Waals surface area contributed by atoms with Crippen molar-refractivity contribution in [3.05, 3.63) is 65.9 Å². The lowest BCUT2D eigenvalue weighted by atomic mass is 10.0. The number of ether oxygens (including phenoxy) is 1. The van der Waals surface area contributed by atoms with Crippen molar-refractivity contribution in [2.75, 3.05) is 6.54 Å². The molecule has 0 aliphatic carbocycles. The van der Waals surface area contributed by atoms with E-state index in [4.69, 9.17) is 21.2 Å². The largest absolute Gasteiger partial charge is 0.508 e. The summed E-state index contributed by atoms with van der Waals surface area (Å²) in [5.41, 5.74) is 2.39. The summed E-state index contributed by atoms with van der Waals surface area (Å²) in [7, 11) is 0. The number of alkyl carbamates (subject to hydrolysis) is 1. The van der Waals surface area contributed by atoms with E-state index in [-0.39, 0.29) is 31.4 Å². The van der Waals surface area contributed by atoms with Crippen molar-refractivity contribution in [3.63, 3.8) is 0 Å². The lowest BCUT2D eigenvalue weighted by Gasteiger charge is -2.19. The van der Waals surface area contributed by atoms with Crippen molar-refractivity contribution < 1.29 is 24.3 Å². The Morgan fingerprint density at radius 3 is 2.85 bits per heavy atom. The second-order valence-corrected chi connectivity index (χ2v) is 8.09. The van der Waals surface area contributed by atoms with Crippen molar-refractivity contribution in [1.82, 2.24) is 15.6 Å². The van der Waals surface area contributed by atoms with Crippen molar-refractivity contribution in [2.45, 2.75) is 31.6 Å². The van der Waals surface area contributed by atoms with Crippen LogP contribution in [0.1, 0.15) is 17.5 Å². The zero-order valence-electron chi connectivity index (χ0n) is 17.6. The van der Waals surface area contributed by atoms with Gasteiger partial charge in [-0.05, 0) is 29.3 Å². The fourth-order valence-corrected chi connectivity index (χ4v) is 3.72. The van der Waals surface area contributed by atoms with E-state index in [1.165, 1.54) is 0 Å². The predicted molar refractivity (Wildman–Crippen MR) is 123 cm³/mol. The number of H-pyrrole nitrogens is 1. The van der Waals surface area contributed by atoms with Crippen LogP contribution in [0.4, 0.5) is 4.79 Å². The number of rotatable bonds is 8. The lowest BCUT2D eigenvalue weighted by molar-refractivity contribution is -0.123. The van der Waals surface area contributed by atoms with Gasteiger partial charge in [-0.15, -0.1) is 0 Å². The van der Waals surface area contributed by atoms with Crippen LogP contribution < -0.4 is 10.6 Å². The zero-order valence-corrected chi connectivity index (χ0v) is 18.3. The number of aromatic hydroxyl groups is 1. The number of fused-ring (bicyclic) bond motifs is 1. The van der Waals surface area contributed by atoms with Crippen molar-refractivity contribution in [2.24, 2.45) is 5.16 Å². The van der Waals surface area contributed by atoms with Crippen LogP contribution in [0.5, 0.6) is 5.75 Å². The summed E-state index contributed by atoms with van der Waals surface area (Å²) in [6.07, 6.45) is 1.25. The van der Waals surface area contributed by atoms with Gasteiger partial charge < -0.3 is 30.3 Å². The number of oxime groups is 1. The molecule has 1 aliphatic heterocycles. The van der Waals surface area contributed by atoms with E-state index < -0.39 is 18.0 Å². The summed E-state index contributed by atoms with van der Waals surface area (Å²) in [5.74, 6) is -0.303. The number of nitrogens with zero attached hydrogens (tertiary/aromatic N) is 1. The molecule has 0 saturated carbocycles. The third kappa shape index (κ3) is 5.95. The number of nitrogens with one attached hydrogen (secondary N) is 3. The molecule has 1 unspecified atom stereocenters. The number of hydrogen-bond donors (Lipinski definition) is 4. The highest BCUT2D eigenvalue weighted by atomic mass is 35.5. The number of hydrogen-bond acceptors (Lipinski definition) is 6. The molecule has 1 aliphatic rings. The quantitative estimate of drug-likeness (QED) is 0.402. The second-order valence-electron chi connectivity index (χ2n) is 7.65. The molecule has 33 heavy (non-hydrogen) atoms. The van der Waals surface area contributed by atoms with Crippen LogP contribution in [-0.4, -0.2) is 46.0 Å². The molecule has 10 heteroatoms. The van der Waals surface area contributed by atoms with Gasteiger partial charge in [-0.1, -0.05) is 47.1 Å². The summed E-state index contributed by atoms with van der Waals surface area (Å²) in [6, 6.07) is 13.2. The van der Waals surface area contributed by atoms with Crippen LogP contribution in [0.2, 0.25) is 0 Å². The Balaban J connectivity index is 1.43. The average molecular weight is 471 g/mol. The third-order valence-electron chi connectivity index (χ3n) is 5.20. The van der Waals surface area contributed by atoms with Crippen LogP contribution >= 0.6 is 11.6 Å². The minimum atomic E-state index is -0.924. The summed E-state index contributed by atoms with van der Waals surface area (Å²) in [6.45, 7) is 0.262. The van der Waals surface area contributed by atoms with Gasteiger partial charge in [0.05, 0.1) is 6.54 Å². The molecule has 3 aromatic rings. The Morgan fingerprint density at radius 2 is 2.09 bits per heavy atom. The van der Waals surface area contributed by atoms with Gasteiger partial charge in [0.1, 0.15) is 23.6 Å². The molecule has 4 N–H and O–H groups in total. The van der Waals surface area contributed by atoms with Crippen molar-refractivity contribution >= 4 is 39.7 Å². The maximum Gasteiger partial charge on any atom is 0.408 e. The molecule has 2 amide bonds. The van der Waals surface area contributed by atoms with Gasteiger partial charge in [0.2, 0.25) is 5.91 Å². The standard InChI is InChI=1S/C23H23ClN4O5/c24-21-10-17(33-28-21)12-26-22(30)20(27-23(31)32-13-14-4-2-1-3-5-14)8-15-11-25-19-7-6-16(29)9-18(15)19/h1-7,9,11,17,20,25,29H,8,10,12-13H2,(H,26,30)(H,27,31)/t17?,20-/m0/s1. The van der Waals surface area contributed by atoms with Gasteiger partial charge in [-0.2, -0.15) is 0 Å². The summed E-state index contributed by atoms with van der Waals surface area (Å²) < 4.78 is 5.29. The van der Waals surface area contributed by atoms with Gasteiger partial charge in [-0.25, -0.2) is 4.79 Å². The topological polar surface area (TPSA) is 125 Å². The number of aromatic amines is 1. The number of phenols is 1. The van der Waals surface area contributed by atoms with E-state index in [2.05, 4.69) is 20.8 Å². The first-order valence-electron chi connectivity index (χ1n) is 10.4. The van der Waals surface area contributed by atoms with E-state index in [9.17, 15) is 14.7 Å². The Morgan fingerprint density at radius 1 is 1.27 bits per heavy atom. The Bertz CT molecular complexity index is 1160. The summed E-state index contributed by atoms with van der Waals surface area (Å²) in [5, 5.41) is 20.0. The first-order chi connectivity index (χ1) is 16.0. The number of carbonyl (C=O) groups is 2. The summed E-state index contributed by atoms with van der Waals surface area (Å²) in [4.78, 5) is 33.7. The number of carbonyl (C=O) groups excluding carboxylic acids is 2. The zero-order chi connectivity index (χ0) is 23.2. The molecule has 1 aromatic heterocycles. The molecule has 0 spiro atoms. The highest BCUT2D eigenvalue weighted by Crippen LogP contribution is 2.24. The fourth-order valence-electron chi connectivity index (χ4n) is 3.51. The van der Waals surface area contributed by atoms with E-state index in [0.29, 0.717) is 11.6 Å². The number of aromatic nitrogens is 1. The maximum absolute atomic E-state index is 13.0. The molecule has 0 radical (unpaired) electrons. The van der Waals surface area contributed by atoms with Crippen LogP contribution in [0, 0.1) is 0 Å². The summed E-state index contributed by atoms with van der Waals surface area (Å²) >= 11 is 5.82.